The van der Waals surface area contributed by atoms with Gasteiger partial charge in [0.05, 0.1) is 0 Å². The first kappa shape index (κ1) is 16.4. The molecule has 1 heterocycles. The van der Waals surface area contributed by atoms with E-state index in [1.165, 1.54) is 0 Å². The lowest BCUT2D eigenvalue weighted by Crippen LogP contribution is -2.19. The van der Waals surface area contributed by atoms with Gasteiger partial charge in [-0.05, 0) is 47.1 Å². The first-order chi connectivity index (χ1) is 9.51. The predicted octanol–water partition coefficient (Wildman–Crippen LogP) is 1.66. The quantitative estimate of drug-likeness (QED) is 0.511. The molecule has 0 spiro atoms. The Labute approximate surface area is 121 Å². The standard InChI is InChI=1S/C13H27N7/c1-9(2)16-12-18-11(15-8-6-5-7-14)19-13(20-12)17-10(3)4/h9-10H,5-8,14H2,1-4H3,(H3,15,16,17,18,19,20). The van der Waals surface area contributed by atoms with Crippen LogP contribution in [0, 0.1) is 0 Å². The number of nitrogens with two attached hydrogens (primary N) is 1. The van der Waals surface area contributed by atoms with Crippen molar-refractivity contribution < 1.29 is 0 Å². The molecule has 0 saturated heterocycles. The van der Waals surface area contributed by atoms with Crippen LogP contribution < -0.4 is 21.7 Å². The summed E-state index contributed by atoms with van der Waals surface area (Å²) in [4.78, 5) is 13.1. The fourth-order valence-corrected chi connectivity index (χ4v) is 1.57. The second-order valence-corrected chi connectivity index (χ2v) is 5.33. The molecule has 0 aliphatic heterocycles. The van der Waals surface area contributed by atoms with Gasteiger partial charge in [-0.25, -0.2) is 0 Å². The van der Waals surface area contributed by atoms with Gasteiger partial charge in [-0.15, -0.1) is 0 Å². The molecule has 0 saturated carbocycles. The average Bonchev–Trinajstić information content (AvgIpc) is 2.32. The maximum Gasteiger partial charge on any atom is 0.229 e. The third-order valence-electron chi connectivity index (χ3n) is 2.38. The van der Waals surface area contributed by atoms with E-state index in [1.807, 2.05) is 27.7 Å². The minimum absolute atomic E-state index is 0.273. The van der Waals surface area contributed by atoms with E-state index < -0.39 is 0 Å². The van der Waals surface area contributed by atoms with Gasteiger partial charge in [0.15, 0.2) is 0 Å². The van der Waals surface area contributed by atoms with Gasteiger partial charge >= 0.3 is 0 Å². The van der Waals surface area contributed by atoms with Crippen molar-refractivity contribution in [2.24, 2.45) is 5.73 Å². The molecule has 1 aromatic heterocycles. The number of nitrogens with one attached hydrogen (secondary N) is 3. The van der Waals surface area contributed by atoms with Gasteiger partial charge < -0.3 is 21.7 Å². The van der Waals surface area contributed by atoms with Gasteiger partial charge in [-0.1, -0.05) is 0 Å². The van der Waals surface area contributed by atoms with E-state index in [4.69, 9.17) is 5.73 Å². The number of unbranched alkanes of at least 4 members (excludes halogenated alkanes) is 1. The van der Waals surface area contributed by atoms with Crippen LogP contribution in [0.2, 0.25) is 0 Å². The highest BCUT2D eigenvalue weighted by Gasteiger charge is 2.08. The Kier molecular flexibility index (Phi) is 7.00. The topological polar surface area (TPSA) is 101 Å². The summed E-state index contributed by atoms with van der Waals surface area (Å²) in [6, 6.07) is 0.545. The Morgan fingerprint density at radius 1 is 0.850 bits per heavy atom. The van der Waals surface area contributed by atoms with Crippen LogP contribution in [0.5, 0.6) is 0 Å². The molecule has 114 valence electrons. The second kappa shape index (κ2) is 8.52. The van der Waals surface area contributed by atoms with E-state index in [1.54, 1.807) is 0 Å². The van der Waals surface area contributed by atoms with Crippen LogP contribution in [-0.2, 0) is 0 Å². The first-order valence-electron chi connectivity index (χ1n) is 7.24. The van der Waals surface area contributed by atoms with Gasteiger partial charge in [0, 0.05) is 18.6 Å². The molecule has 0 fully saturated rings. The summed E-state index contributed by atoms with van der Waals surface area (Å²) in [7, 11) is 0. The lowest BCUT2D eigenvalue weighted by molar-refractivity contribution is 0.767. The minimum Gasteiger partial charge on any atom is -0.354 e. The molecule has 1 aromatic rings. The summed E-state index contributed by atoms with van der Waals surface area (Å²) in [5.41, 5.74) is 5.48. The van der Waals surface area contributed by atoms with Crippen molar-refractivity contribution in [3.8, 4) is 0 Å². The number of nitrogens with zero attached hydrogens (tertiary/aromatic N) is 3. The zero-order valence-corrected chi connectivity index (χ0v) is 12.9. The van der Waals surface area contributed by atoms with E-state index in [-0.39, 0.29) is 12.1 Å². The molecule has 0 unspecified atom stereocenters. The fraction of sp³-hybridized carbons (Fsp3) is 0.769. The number of aromatic nitrogens is 3. The number of hydrogen-bond acceptors (Lipinski definition) is 7. The van der Waals surface area contributed by atoms with Crippen molar-refractivity contribution in [2.75, 3.05) is 29.0 Å². The molecule has 7 heteroatoms. The summed E-state index contributed by atoms with van der Waals surface area (Å²) in [6.07, 6.45) is 1.99. The van der Waals surface area contributed by atoms with E-state index in [2.05, 4.69) is 30.9 Å². The van der Waals surface area contributed by atoms with Crippen molar-refractivity contribution >= 4 is 17.8 Å². The van der Waals surface area contributed by atoms with E-state index in [9.17, 15) is 0 Å². The Morgan fingerprint density at radius 3 is 1.80 bits per heavy atom. The second-order valence-electron chi connectivity index (χ2n) is 5.33. The average molecular weight is 281 g/mol. The minimum atomic E-state index is 0.273. The van der Waals surface area contributed by atoms with Gasteiger partial charge in [-0.2, -0.15) is 15.0 Å². The van der Waals surface area contributed by atoms with Crippen molar-refractivity contribution in [1.29, 1.82) is 0 Å². The monoisotopic (exact) mass is 281 g/mol. The van der Waals surface area contributed by atoms with Gasteiger partial charge in [-0.3, -0.25) is 0 Å². The number of rotatable bonds is 9. The highest BCUT2D eigenvalue weighted by atomic mass is 15.3. The molecule has 0 radical (unpaired) electrons. The summed E-state index contributed by atoms with van der Waals surface area (Å²) in [5, 5.41) is 9.61. The van der Waals surface area contributed by atoms with Crippen LogP contribution in [0.3, 0.4) is 0 Å². The molecule has 0 amide bonds. The molecular weight excluding hydrogens is 254 g/mol. The van der Waals surface area contributed by atoms with Crippen molar-refractivity contribution in [1.82, 2.24) is 15.0 Å². The summed E-state index contributed by atoms with van der Waals surface area (Å²) >= 11 is 0. The number of anilines is 3. The molecule has 0 aromatic carbocycles. The van der Waals surface area contributed by atoms with E-state index in [0.29, 0.717) is 24.4 Å². The normalized spacial score (nSPS) is 10.9. The zero-order chi connectivity index (χ0) is 15.0. The van der Waals surface area contributed by atoms with Gasteiger partial charge in [0.1, 0.15) is 0 Å². The molecular formula is C13H27N7. The van der Waals surface area contributed by atoms with Crippen LogP contribution in [0.1, 0.15) is 40.5 Å². The van der Waals surface area contributed by atoms with Crippen molar-refractivity contribution in [2.45, 2.75) is 52.6 Å². The summed E-state index contributed by atoms with van der Waals surface area (Å²) in [6.45, 7) is 9.71. The largest absolute Gasteiger partial charge is 0.354 e. The van der Waals surface area contributed by atoms with E-state index >= 15 is 0 Å². The Balaban J connectivity index is 2.74. The van der Waals surface area contributed by atoms with Gasteiger partial charge in [0.25, 0.3) is 0 Å². The highest BCUT2D eigenvalue weighted by Crippen LogP contribution is 2.11. The van der Waals surface area contributed by atoms with Crippen molar-refractivity contribution in [3.05, 3.63) is 0 Å². The molecule has 0 bridgehead atoms. The predicted molar refractivity (Wildman–Crippen MR) is 84.1 cm³/mol. The summed E-state index contributed by atoms with van der Waals surface area (Å²) in [5.74, 6) is 1.75. The lowest BCUT2D eigenvalue weighted by atomic mass is 10.3. The molecule has 0 atom stereocenters. The van der Waals surface area contributed by atoms with Gasteiger partial charge in [0.2, 0.25) is 17.8 Å². The maximum atomic E-state index is 5.48. The maximum absolute atomic E-state index is 5.48. The Bertz CT molecular complexity index is 364. The highest BCUT2D eigenvalue weighted by molar-refractivity contribution is 5.42. The van der Waals surface area contributed by atoms with Crippen LogP contribution in [0.4, 0.5) is 17.8 Å². The lowest BCUT2D eigenvalue weighted by Gasteiger charge is -2.14. The third-order valence-corrected chi connectivity index (χ3v) is 2.38. The van der Waals surface area contributed by atoms with Crippen LogP contribution >= 0.6 is 0 Å². The molecule has 7 nitrogen and oxygen atoms in total. The Hall–Kier alpha value is -1.63. The fourth-order valence-electron chi connectivity index (χ4n) is 1.57. The molecule has 20 heavy (non-hydrogen) atoms. The third kappa shape index (κ3) is 6.51. The van der Waals surface area contributed by atoms with Crippen LogP contribution in [0.15, 0.2) is 0 Å². The Morgan fingerprint density at radius 2 is 1.35 bits per heavy atom. The SMILES string of the molecule is CC(C)Nc1nc(NCCCCN)nc(NC(C)C)n1. The molecule has 1 rings (SSSR count). The first-order valence-corrected chi connectivity index (χ1v) is 7.24. The number of hydrogen-bond donors (Lipinski definition) is 4. The molecule has 0 aliphatic carbocycles. The molecule has 0 aliphatic rings. The van der Waals surface area contributed by atoms with Crippen LogP contribution in [-0.4, -0.2) is 40.1 Å². The zero-order valence-electron chi connectivity index (χ0n) is 12.9. The van der Waals surface area contributed by atoms with Crippen LogP contribution in [0.25, 0.3) is 0 Å². The summed E-state index contributed by atoms with van der Waals surface area (Å²) < 4.78 is 0. The smallest absolute Gasteiger partial charge is 0.229 e. The van der Waals surface area contributed by atoms with E-state index in [0.717, 1.165) is 19.4 Å². The molecule has 5 N–H and O–H groups in total. The van der Waals surface area contributed by atoms with Crippen molar-refractivity contribution in [3.63, 3.8) is 0 Å².